The first-order valence-corrected chi connectivity index (χ1v) is 5.14. The van der Waals surface area contributed by atoms with Gasteiger partial charge < -0.3 is 14.8 Å². The quantitative estimate of drug-likeness (QED) is 0.421. The van der Waals surface area contributed by atoms with Crippen LogP contribution in [0.4, 0.5) is 0 Å². The number of hydrogen-bond donors (Lipinski definition) is 1. The van der Waals surface area contributed by atoms with Gasteiger partial charge in [-0.1, -0.05) is 5.16 Å². The number of aliphatic carboxylic acids is 1. The lowest BCUT2D eigenvalue weighted by Gasteiger charge is -2.23. The Morgan fingerprint density at radius 2 is 2.53 bits per heavy atom. The van der Waals surface area contributed by atoms with Crippen LogP contribution in [-0.4, -0.2) is 47.5 Å². The second-order valence-corrected chi connectivity index (χ2v) is 3.58. The van der Waals surface area contributed by atoms with Crippen LogP contribution < -0.4 is 0 Å². The SMILES string of the molecule is CON=C(C(=O)O)C1=CSCCN1C=O. The normalized spacial score (nSPS) is 17.0. The van der Waals surface area contributed by atoms with Gasteiger partial charge in [0.2, 0.25) is 12.1 Å². The van der Waals surface area contributed by atoms with Crippen molar-refractivity contribution in [3.8, 4) is 0 Å². The Balaban J connectivity index is 3.00. The summed E-state index contributed by atoms with van der Waals surface area (Å²) < 4.78 is 0. The lowest BCUT2D eigenvalue weighted by Crippen LogP contribution is -2.34. The summed E-state index contributed by atoms with van der Waals surface area (Å²) in [6.45, 7) is 0.468. The summed E-state index contributed by atoms with van der Waals surface area (Å²) in [7, 11) is 1.25. The number of hydrogen-bond acceptors (Lipinski definition) is 5. The fourth-order valence-electron chi connectivity index (χ4n) is 1.07. The van der Waals surface area contributed by atoms with E-state index in [0.29, 0.717) is 13.0 Å². The molecule has 0 saturated heterocycles. The van der Waals surface area contributed by atoms with E-state index in [9.17, 15) is 9.59 Å². The highest BCUT2D eigenvalue weighted by molar-refractivity contribution is 8.02. The van der Waals surface area contributed by atoms with Crippen LogP contribution in [0.25, 0.3) is 0 Å². The van der Waals surface area contributed by atoms with Gasteiger partial charge in [0.05, 0.1) is 5.70 Å². The standard InChI is InChI=1S/C8H10N2O4S/c1-14-9-7(8(12)13)6-4-15-3-2-10(6)5-11/h4-5H,2-3H2,1H3,(H,12,13). The molecule has 82 valence electrons. The van der Waals surface area contributed by atoms with E-state index in [2.05, 4.69) is 9.99 Å². The summed E-state index contributed by atoms with van der Waals surface area (Å²) in [5.74, 6) is -0.486. The van der Waals surface area contributed by atoms with Gasteiger partial charge in [-0.3, -0.25) is 4.79 Å². The highest BCUT2D eigenvalue weighted by Gasteiger charge is 2.24. The Morgan fingerprint density at radius 3 is 3.07 bits per heavy atom. The van der Waals surface area contributed by atoms with Crippen LogP contribution in [0.2, 0.25) is 0 Å². The molecule has 0 atom stereocenters. The predicted molar refractivity (Wildman–Crippen MR) is 55.4 cm³/mol. The van der Waals surface area contributed by atoms with Crippen LogP contribution in [0.5, 0.6) is 0 Å². The van der Waals surface area contributed by atoms with Crippen molar-refractivity contribution in [2.24, 2.45) is 5.16 Å². The molecule has 1 aliphatic rings. The molecule has 0 bridgehead atoms. The van der Waals surface area contributed by atoms with Crippen molar-refractivity contribution in [1.29, 1.82) is 0 Å². The monoisotopic (exact) mass is 230 g/mol. The van der Waals surface area contributed by atoms with Gasteiger partial charge in [0.1, 0.15) is 7.11 Å². The van der Waals surface area contributed by atoms with Crippen LogP contribution in [0, 0.1) is 0 Å². The van der Waals surface area contributed by atoms with Gasteiger partial charge in [-0.2, -0.15) is 0 Å². The van der Waals surface area contributed by atoms with E-state index in [1.807, 2.05) is 0 Å². The van der Waals surface area contributed by atoms with E-state index in [1.165, 1.54) is 23.8 Å². The fourth-order valence-corrected chi connectivity index (χ4v) is 1.89. The number of amides is 1. The summed E-state index contributed by atoms with van der Waals surface area (Å²) in [6.07, 6.45) is 0.583. The third-order valence-electron chi connectivity index (χ3n) is 1.71. The van der Waals surface area contributed by atoms with Crippen LogP contribution in [0.3, 0.4) is 0 Å². The maximum atomic E-state index is 10.8. The highest BCUT2D eigenvalue weighted by Crippen LogP contribution is 2.18. The number of carboxylic acid groups (broad SMARTS) is 1. The Morgan fingerprint density at radius 1 is 1.80 bits per heavy atom. The zero-order valence-corrected chi connectivity index (χ0v) is 8.86. The van der Waals surface area contributed by atoms with Gasteiger partial charge in [-0.15, -0.1) is 11.8 Å². The molecule has 6 nitrogen and oxygen atoms in total. The number of thioether (sulfide) groups is 1. The maximum absolute atomic E-state index is 10.8. The lowest BCUT2D eigenvalue weighted by atomic mass is 10.2. The molecule has 0 aliphatic carbocycles. The van der Waals surface area contributed by atoms with Crippen molar-refractivity contribution in [3.05, 3.63) is 11.1 Å². The minimum Gasteiger partial charge on any atom is -0.476 e. The molecular formula is C8H10N2O4S. The molecule has 0 unspecified atom stereocenters. The van der Waals surface area contributed by atoms with E-state index in [1.54, 1.807) is 5.41 Å². The van der Waals surface area contributed by atoms with Gasteiger partial charge in [0.25, 0.3) is 0 Å². The third kappa shape index (κ3) is 2.72. The Kier molecular flexibility index (Phi) is 4.17. The Hall–Kier alpha value is -1.50. The van der Waals surface area contributed by atoms with Crippen molar-refractivity contribution < 1.29 is 19.5 Å². The Bertz CT molecular complexity index is 327. The highest BCUT2D eigenvalue weighted by atomic mass is 32.2. The molecule has 1 amide bonds. The summed E-state index contributed by atoms with van der Waals surface area (Å²) in [5.41, 5.74) is -0.00704. The Labute approximate surface area is 90.6 Å². The van der Waals surface area contributed by atoms with Crippen LogP contribution in [0.1, 0.15) is 0 Å². The first-order valence-electron chi connectivity index (χ1n) is 4.09. The predicted octanol–water partition coefficient (Wildman–Crippen LogP) is 0.120. The van der Waals surface area contributed by atoms with E-state index in [0.717, 1.165) is 5.75 Å². The van der Waals surface area contributed by atoms with E-state index >= 15 is 0 Å². The molecule has 1 rings (SSSR count). The van der Waals surface area contributed by atoms with Crippen molar-refractivity contribution in [2.45, 2.75) is 0 Å². The minimum absolute atomic E-state index is 0.260. The first kappa shape index (κ1) is 11.6. The maximum Gasteiger partial charge on any atom is 0.360 e. The molecule has 1 aliphatic heterocycles. The second kappa shape index (κ2) is 5.40. The molecule has 1 heterocycles. The largest absolute Gasteiger partial charge is 0.476 e. The molecule has 0 radical (unpaired) electrons. The van der Waals surface area contributed by atoms with E-state index in [4.69, 9.17) is 5.11 Å². The van der Waals surface area contributed by atoms with Gasteiger partial charge in [-0.05, 0) is 5.41 Å². The van der Waals surface area contributed by atoms with Crippen LogP contribution >= 0.6 is 11.8 Å². The summed E-state index contributed by atoms with van der Waals surface area (Å²) in [6, 6.07) is 0. The summed E-state index contributed by atoms with van der Waals surface area (Å²) in [4.78, 5) is 27.3. The number of carboxylic acids is 1. The number of rotatable bonds is 4. The van der Waals surface area contributed by atoms with Crippen molar-refractivity contribution in [1.82, 2.24) is 4.90 Å². The third-order valence-corrected chi connectivity index (χ3v) is 2.52. The zero-order valence-electron chi connectivity index (χ0n) is 8.04. The lowest BCUT2D eigenvalue weighted by molar-refractivity contribution is -0.129. The number of carbonyl (C=O) groups excluding carboxylic acids is 1. The van der Waals surface area contributed by atoms with Crippen molar-refractivity contribution >= 4 is 29.9 Å². The molecule has 7 heteroatoms. The average molecular weight is 230 g/mol. The van der Waals surface area contributed by atoms with Gasteiger partial charge in [0.15, 0.2) is 0 Å². The molecule has 0 aromatic rings. The number of oxime groups is 1. The zero-order chi connectivity index (χ0) is 11.3. The number of carbonyl (C=O) groups is 2. The van der Waals surface area contributed by atoms with Crippen molar-refractivity contribution in [3.63, 3.8) is 0 Å². The average Bonchev–Trinajstić information content (AvgIpc) is 2.25. The van der Waals surface area contributed by atoms with Crippen LogP contribution in [-0.2, 0) is 14.4 Å². The summed E-state index contributed by atoms with van der Waals surface area (Å²) in [5, 5.41) is 13.8. The smallest absolute Gasteiger partial charge is 0.360 e. The molecule has 0 saturated carbocycles. The topological polar surface area (TPSA) is 79.2 Å². The van der Waals surface area contributed by atoms with Crippen LogP contribution in [0.15, 0.2) is 16.3 Å². The van der Waals surface area contributed by atoms with E-state index in [-0.39, 0.29) is 11.4 Å². The van der Waals surface area contributed by atoms with Gasteiger partial charge >= 0.3 is 5.97 Å². The molecule has 0 aromatic carbocycles. The molecule has 15 heavy (non-hydrogen) atoms. The molecule has 0 spiro atoms. The van der Waals surface area contributed by atoms with Crippen molar-refractivity contribution in [2.75, 3.05) is 19.4 Å². The first-order chi connectivity index (χ1) is 7.20. The molecule has 0 fully saturated rings. The molecular weight excluding hydrogens is 220 g/mol. The molecule has 1 N–H and O–H groups in total. The minimum atomic E-state index is -1.22. The second-order valence-electron chi connectivity index (χ2n) is 2.60. The summed E-state index contributed by atoms with van der Waals surface area (Å²) >= 11 is 1.43. The fraction of sp³-hybridized carbons (Fsp3) is 0.375. The molecule has 0 aromatic heterocycles. The van der Waals surface area contributed by atoms with E-state index < -0.39 is 5.97 Å². The van der Waals surface area contributed by atoms with Gasteiger partial charge in [0, 0.05) is 12.3 Å². The van der Waals surface area contributed by atoms with Gasteiger partial charge in [-0.25, -0.2) is 4.79 Å². The number of nitrogens with zero attached hydrogens (tertiary/aromatic N) is 2.